The molecule has 0 spiro atoms. The van der Waals surface area contributed by atoms with E-state index in [9.17, 15) is 10.2 Å². The lowest BCUT2D eigenvalue weighted by Crippen LogP contribution is -2.42. The number of rotatable bonds is 6. The SMILES string of the molecule is OC[C@@H](O)[C@@H](O)[C@H](O)CNc1ccccn1. The van der Waals surface area contributed by atoms with Gasteiger partial charge in [-0.05, 0) is 12.1 Å². The summed E-state index contributed by atoms with van der Waals surface area (Å²) in [7, 11) is 0. The second-order valence-corrected chi connectivity index (χ2v) is 3.40. The van der Waals surface area contributed by atoms with E-state index < -0.39 is 24.9 Å². The van der Waals surface area contributed by atoms with Crippen LogP contribution in [0, 0.1) is 0 Å². The molecule has 1 heterocycles. The van der Waals surface area contributed by atoms with Gasteiger partial charge in [0, 0.05) is 12.7 Å². The van der Waals surface area contributed by atoms with Crippen LogP contribution >= 0.6 is 0 Å². The monoisotopic (exact) mass is 228 g/mol. The minimum atomic E-state index is -1.39. The molecule has 0 amide bonds. The number of anilines is 1. The van der Waals surface area contributed by atoms with Crippen molar-refractivity contribution in [3.8, 4) is 0 Å². The van der Waals surface area contributed by atoms with E-state index in [4.69, 9.17) is 10.2 Å². The molecule has 0 radical (unpaired) electrons. The first-order valence-corrected chi connectivity index (χ1v) is 4.95. The molecule has 1 rings (SSSR count). The molecule has 90 valence electrons. The summed E-state index contributed by atoms with van der Waals surface area (Å²) in [6.45, 7) is -0.558. The molecule has 0 saturated carbocycles. The van der Waals surface area contributed by atoms with Crippen molar-refractivity contribution in [2.24, 2.45) is 0 Å². The van der Waals surface area contributed by atoms with Crippen LogP contribution in [0.1, 0.15) is 0 Å². The molecule has 0 saturated heterocycles. The Morgan fingerprint density at radius 3 is 2.50 bits per heavy atom. The molecule has 0 aliphatic rings. The summed E-state index contributed by atoms with van der Waals surface area (Å²) in [5.74, 6) is 0.562. The van der Waals surface area contributed by atoms with Gasteiger partial charge in [-0.1, -0.05) is 6.07 Å². The molecule has 6 nitrogen and oxygen atoms in total. The first kappa shape index (κ1) is 12.9. The second kappa shape index (κ2) is 6.39. The van der Waals surface area contributed by atoms with Crippen LogP contribution in [-0.4, -0.2) is 56.9 Å². The van der Waals surface area contributed by atoms with Gasteiger partial charge < -0.3 is 25.7 Å². The second-order valence-electron chi connectivity index (χ2n) is 3.40. The van der Waals surface area contributed by atoms with Crippen molar-refractivity contribution in [2.45, 2.75) is 18.3 Å². The zero-order valence-corrected chi connectivity index (χ0v) is 8.69. The quantitative estimate of drug-likeness (QED) is 0.409. The number of aliphatic hydroxyl groups is 4. The minimum Gasteiger partial charge on any atom is -0.394 e. The maximum Gasteiger partial charge on any atom is 0.125 e. The fourth-order valence-electron chi connectivity index (χ4n) is 1.16. The van der Waals surface area contributed by atoms with Crippen molar-refractivity contribution in [1.29, 1.82) is 0 Å². The largest absolute Gasteiger partial charge is 0.394 e. The maximum atomic E-state index is 9.47. The molecule has 0 fully saturated rings. The van der Waals surface area contributed by atoms with E-state index in [1.807, 2.05) is 0 Å². The van der Waals surface area contributed by atoms with E-state index in [1.165, 1.54) is 0 Å². The third-order valence-corrected chi connectivity index (χ3v) is 2.13. The highest BCUT2D eigenvalue weighted by Gasteiger charge is 2.23. The van der Waals surface area contributed by atoms with Gasteiger partial charge in [-0.25, -0.2) is 4.98 Å². The summed E-state index contributed by atoms with van der Waals surface area (Å²) in [5.41, 5.74) is 0. The van der Waals surface area contributed by atoms with E-state index in [2.05, 4.69) is 10.3 Å². The lowest BCUT2D eigenvalue weighted by atomic mass is 10.1. The molecule has 0 aliphatic heterocycles. The molecule has 0 unspecified atom stereocenters. The summed E-state index contributed by atoms with van der Waals surface area (Å²) in [4.78, 5) is 3.96. The first-order valence-electron chi connectivity index (χ1n) is 4.95. The van der Waals surface area contributed by atoms with Gasteiger partial charge in [-0.15, -0.1) is 0 Å². The van der Waals surface area contributed by atoms with Crippen LogP contribution in [0.4, 0.5) is 5.82 Å². The highest BCUT2D eigenvalue weighted by Crippen LogP contribution is 2.03. The van der Waals surface area contributed by atoms with Gasteiger partial charge in [0.15, 0.2) is 0 Å². The van der Waals surface area contributed by atoms with E-state index in [-0.39, 0.29) is 6.54 Å². The van der Waals surface area contributed by atoms with E-state index >= 15 is 0 Å². The van der Waals surface area contributed by atoms with Crippen LogP contribution in [0.2, 0.25) is 0 Å². The number of aliphatic hydroxyl groups excluding tert-OH is 4. The Morgan fingerprint density at radius 1 is 1.19 bits per heavy atom. The van der Waals surface area contributed by atoms with E-state index in [1.54, 1.807) is 24.4 Å². The molecule has 0 aromatic carbocycles. The standard InChI is InChI=1S/C10H16N2O4/c13-6-8(15)10(16)7(14)5-12-9-3-1-2-4-11-9/h1-4,7-8,10,13-16H,5-6H2,(H,11,12)/t7-,8-,10+/m1/s1. The highest BCUT2D eigenvalue weighted by molar-refractivity contribution is 5.33. The fraction of sp³-hybridized carbons (Fsp3) is 0.500. The van der Waals surface area contributed by atoms with Crippen LogP contribution in [0.3, 0.4) is 0 Å². The third-order valence-electron chi connectivity index (χ3n) is 2.13. The van der Waals surface area contributed by atoms with Gasteiger partial charge in [-0.2, -0.15) is 0 Å². The lowest BCUT2D eigenvalue weighted by Gasteiger charge is -2.21. The molecule has 0 aliphatic carbocycles. The van der Waals surface area contributed by atoms with E-state index in [0.717, 1.165) is 0 Å². The number of nitrogens with zero attached hydrogens (tertiary/aromatic N) is 1. The fourth-order valence-corrected chi connectivity index (χ4v) is 1.16. The molecule has 0 bridgehead atoms. The van der Waals surface area contributed by atoms with Crippen molar-refractivity contribution >= 4 is 5.82 Å². The van der Waals surface area contributed by atoms with Crippen LogP contribution in [-0.2, 0) is 0 Å². The Bertz CT molecular complexity index is 296. The Kier molecular flexibility index (Phi) is 5.13. The summed E-state index contributed by atoms with van der Waals surface area (Å²) in [5, 5.41) is 39.3. The number of hydrogen-bond acceptors (Lipinski definition) is 6. The predicted octanol–water partition coefficient (Wildman–Crippen LogP) is -1.43. The summed E-state index contributed by atoms with van der Waals surface area (Å²) >= 11 is 0. The van der Waals surface area contributed by atoms with Crippen molar-refractivity contribution in [3.05, 3.63) is 24.4 Å². The first-order chi connectivity index (χ1) is 7.65. The molecular formula is C10H16N2O4. The molecule has 5 N–H and O–H groups in total. The van der Waals surface area contributed by atoms with Crippen molar-refractivity contribution < 1.29 is 20.4 Å². The Morgan fingerprint density at radius 2 is 1.94 bits per heavy atom. The molecule has 3 atom stereocenters. The number of hydrogen-bond donors (Lipinski definition) is 5. The van der Waals surface area contributed by atoms with Gasteiger partial charge in [-0.3, -0.25) is 0 Å². The zero-order valence-electron chi connectivity index (χ0n) is 8.69. The van der Waals surface area contributed by atoms with Crippen molar-refractivity contribution in [1.82, 2.24) is 4.98 Å². The third kappa shape index (κ3) is 3.74. The Balaban J connectivity index is 2.38. The smallest absolute Gasteiger partial charge is 0.125 e. The van der Waals surface area contributed by atoms with Crippen molar-refractivity contribution in [2.75, 3.05) is 18.5 Å². The molecule has 16 heavy (non-hydrogen) atoms. The summed E-state index contributed by atoms with van der Waals surface area (Å²) < 4.78 is 0. The average Bonchev–Trinajstić information content (AvgIpc) is 2.35. The van der Waals surface area contributed by atoms with Gasteiger partial charge in [0.05, 0.1) is 12.7 Å². The van der Waals surface area contributed by atoms with Gasteiger partial charge >= 0.3 is 0 Å². The Labute approximate surface area is 93.2 Å². The lowest BCUT2D eigenvalue weighted by molar-refractivity contribution is -0.0715. The number of nitrogens with one attached hydrogen (secondary N) is 1. The average molecular weight is 228 g/mol. The summed E-state index contributed by atoms with van der Waals surface area (Å²) in [6, 6.07) is 5.24. The normalized spacial score (nSPS) is 16.5. The van der Waals surface area contributed by atoms with Gasteiger partial charge in [0.1, 0.15) is 18.0 Å². The van der Waals surface area contributed by atoms with E-state index in [0.29, 0.717) is 5.82 Å². The van der Waals surface area contributed by atoms with Crippen LogP contribution < -0.4 is 5.32 Å². The minimum absolute atomic E-state index is 0.0369. The predicted molar refractivity (Wildman–Crippen MR) is 57.8 cm³/mol. The molecule has 6 heteroatoms. The highest BCUT2D eigenvalue weighted by atomic mass is 16.4. The van der Waals surface area contributed by atoms with Crippen LogP contribution in [0.25, 0.3) is 0 Å². The van der Waals surface area contributed by atoms with Crippen molar-refractivity contribution in [3.63, 3.8) is 0 Å². The molecule has 1 aromatic rings. The molecular weight excluding hydrogens is 212 g/mol. The zero-order chi connectivity index (χ0) is 12.0. The number of aromatic nitrogens is 1. The summed E-state index contributed by atoms with van der Waals surface area (Å²) in [6.07, 6.45) is -2.32. The number of pyridine rings is 1. The maximum absolute atomic E-state index is 9.47. The van der Waals surface area contributed by atoms with Crippen LogP contribution in [0.5, 0.6) is 0 Å². The Hall–Kier alpha value is -1.21. The van der Waals surface area contributed by atoms with Gasteiger partial charge in [0.25, 0.3) is 0 Å². The topological polar surface area (TPSA) is 106 Å². The molecule has 1 aromatic heterocycles. The van der Waals surface area contributed by atoms with Gasteiger partial charge in [0.2, 0.25) is 0 Å². The van der Waals surface area contributed by atoms with Crippen LogP contribution in [0.15, 0.2) is 24.4 Å².